The molecule has 34 heavy (non-hydrogen) atoms. The van der Waals surface area contributed by atoms with Gasteiger partial charge in [-0.3, -0.25) is 24.1 Å². The van der Waals surface area contributed by atoms with Crippen molar-refractivity contribution in [1.82, 2.24) is 20.4 Å². The Balaban J connectivity index is 1.55. The van der Waals surface area contributed by atoms with Crippen LogP contribution in [0.4, 0.5) is 0 Å². The average Bonchev–Trinajstić information content (AvgIpc) is 3.15. The molecule has 2 unspecified atom stereocenters. The Hall–Kier alpha value is -2.98. The summed E-state index contributed by atoms with van der Waals surface area (Å²) in [5.74, 6) is -1.62. The lowest BCUT2D eigenvalue weighted by Crippen LogP contribution is -2.68. The van der Waals surface area contributed by atoms with Gasteiger partial charge < -0.3 is 25.4 Å². The SMILES string of the molecule is CCN1C[C@@H]2CCCC[C@H](NC(=O)c3ccccc3)C(=O)N2[C@H](C(=O)NC2CC(=O)OC2O)C1. The van der Waals surface area contributed by atoms with Crippen molar-refractivity contribution in [2.45, 2.75) is 69.5 Å². The largest absolute Gasteiger partial charge is 0.434 e. The summed E-state index contributed by atoms with van der Waals surface area (Å²) in [5, 5.41) is 15.5. The molecule has 0 saturated carbocycles. The van der Waals surface area contributed by atoms with Crippen molar-refractivity contribution in [2.75, 3.05) is 19.6 Å². The Labute approximate surface area is 198 Å². The second-order valence-electron chi connectivity index (χ2n) is 9.14. The van der Waals surface area contributed by atoms with Gasteiger partial charge in [-0.1, -0.05) is 38.0 Å². The number of nitrogens with zero attached hydrogens (tertiary/aromatic N) is 2. The molecule has 3 saturated heterocycles. The summed E-state index contributed by atoms with van der Waals surface area (Å²) in [6.45, 7) is 3.72. The lowest BCUT2D eigenvalue weighted by molar-refractivity contribution is -0.156. The fourth-order valence-corrected chi connectivity index (χ4v) is 5.02. The Morgan fingerprint density at radius 3 is 2.50 bits per heavy atom. The fraction of sp³-hybridized carbons (Fsp3) is 0.583. The molecule has 1 aromatic carbocycles. The van der Waals surface area contributed by atoms with Crippen LogP contribution in [0.25, 0.3) is 0 Å². The van der Waals surface area contributed by atoms with E-state index < -0.39 is 36.3 Å². The van der Waals surface area contributed by atoms with Crippen molar-refractivity contribution < 1.29 is 29.0 Å². The number of esters is 1. The Morgan fingerprint density at radius 2 is 1.82 bits per heavy atom. The van der Waals surface area contributed by atoms with Crippen LogP contribution in [-0.2, 0) is 19.1 Å². The molecular weight excluding hydrogens is 440 g/mol. The van der Waals surface area contributed by atoms with E-state index in [1.165, 1.54) is 0 Å². The third kappa shape index (κ3) is 5.23. The van der Waals surface area contributed by atoms with E-state index in [4.69, 9.17) is 4.74 Å². The number of aliphatic hydroxyl groups excluding tert-OH is 1. The molecule has 1 aromatic rings. The zero-order valence-electron chi connectivity index (χ0n) is 19.3. The zero-order valence-corrected chi connectivity index (χ0v) is 19.3. The minimum Gasteiger partial charge on any atom is -0.434 e. The first-order valence-electron chi connectivity index (χ1n) is 12.0. The minimum absolute atomic E-state index is 0.121. The van der Waals surface area contributed by atoms with E-state index in [0.717, 1.165) is 25.8 Å². The van der Waals surface area contributed by atoms with Crippen molar-refractivity contribution in [3.8, 4) is 0 Å². The van der Waals surface area contributed by atoms with E-state index in [2.05, 4.69) is 15.5 Å². The van der Waals surface area contributed by atoms with Gasteiger partial charge in [-0.15, -0.1) is 0 Å². The molecule has 4 rings (SSSR count). The van der Waals surface area contributed by atoms with Gasteiger partial charge in [-0.05, 0) is 31.5 Å². The topological polar surface area (TPSA) is 128 Å². The third-order valence-electron chi connectivity index (χ3n) is 6.86. The molecule has 3 aliphatic rings. The van der Waals surface area contributed by atoms with Crippen molar-refractivity contribution in [1.29, 1.82) is 0 Å². The Kier molecular flexibility index (Phi) is 7.47. The summed E-state index contributed by atoms with van der Waals surface area (Å²) in [7, 11) is 0. The predicted octanol–water partition coefficient (Wildman–Crippen LogP) is 0.0104. The summed E-state index contributed by atoms with van der Waals surface area (Å²) >= 11 is 0. The van der Waals surface area contributed by atoms with Crippen LogP contribution in [0.3, 0.4) is 0 Å². The van der Waals surface area contributed by atoms with Gasteiger partial charge in [0.05, 0.1) is 6.42 Å². The highest BCUT2D eigenvalue weighted by atomic mass is 16.6. The van der Waals surface area contributed by atoms with Gasteiger partial charge in [0.2, 0.25) is 18.1 Å². The molecule has 0 aliphatic carbocycles. The summed E-state index contributed by atoms with van der Waals surface area (Å²) in [6.07, 6.45) is 1.41. The van der Waals surface area contributed by atoms with E-state index in [0.29, 0.717) is 25.1 Å². The highest BCUT2D eigenvalue weighted by Gasteiger charge is 2.45. The first kappa shape index (κ1) is 24.2. The van der Waals surface area contributed by atoms with E-state index in [9.17, 15) is 24.3 Å². The number of rotatable bonds is 5. The number of carbonyl (C=O) groups excluding carboxylic acids is 4. The first-order chi connectivity index (χ1) is 16.4. The van der Waals surface area contributed by atoms with E-state index in [-0.39, 0.29) is 24.3 Å². The number of likely N-dealkylation sites (N-methyl/N-ethyl adjacent to an activating group) is 1. The molecule has 0 bridgehead atoms. The summed E-state index contributed by atoms with van der Waals surface area (Å²) in [5.41, 5.74) is 0.471. The summed E-state index contributed by atoms with van der Waals surface area (Å²) in [6, 6.07) is 6.18. The Bertz CT molecular complexity index is 925. The van der Waals surface area contributed by atoms with E-state index >= 15 is 0 Å². The molecule has 3 amide bonds. The number of hydrogen-bond donors (Lipinski definition) is 3. The van der Waals surface area contributed by atoms with Crippen molar-refractivity contribution >= 4 is 23.7 Å². The van der Waals surface area contributed by atoms with E-state index in [1.54, 1.807) is 29.2 Å². The van der Waals surface area contributed by atoms with Crippen molar-refractivity contribution in [3.05, 3.63) is 35.9 Å². The number of benzene rings is 1. The van der Waals surface area contributed by atoms with Gasteiger partial charge in [0.15, 0.2) is 0 Å². The molecule has 184 valence electrons. The van der Waals surface area contributed by atoms with Gasteiger partial charge >= 0.3 is 5.97 Å². The standard InChI is InChI=1S/C24H32N4O6/c1-2-27-13-16-10-6-7-11-17(25-21(30)15-8-4-3-5-9-15)23(32)28(16)19(14-27)22(31)26-18-12-20(29)34-24(18)33/h3-5,8-9,16-19,24,33H,2,6-7,10-14H2,1H3,(H,25,30)(H,26,31)/t16-,17-,18?,19-,24?/m0/s1. The molecule has 3 fully saturated rings. The molecule has 0 radical (unpaired) electrons. The van der Waals surface area contributed by atoms with Crippen LogP contribution in [0.15, 0.2) is 30.3 Å². The maximum Gasteiger partial charge on any atom is 0.310 e. The van der Waals surface area contributed by atoms with Gasteiger partial charge in [-0.2, -0.15) is 0 Å². The van der Waals surface area contributed by atoms with Crippen LogP contribution in [0.1, 0.15) is 49.4 Å². The number of nitrogens with one attached hydrogen (secondary N) is 2. The molecular formula is C24H32N4O6. The number of carbonyl (C=O) groups is 4. The zero-order chi connectivity index (χ0) is 24.2. The molecule has 10 nitrogen and oxygen atoms in total. The number of cyclic esters (lactones) is 1. The highest BCUT2D eigenvalue weighted by Crippen LogP contribution is 2.26. The van der Waals surface area contributed by atoms with Crippen LogP contribution >= 0.6 is 0 Å². The number of amides is 3. The predicted molar refractivity (Wildman–Crippen MR) is 121 cm³/mol. The second kappa shape index (κ2) is 10.5. The van der Waals surface area contributed by atoms with Gasteiger partial charge in [0.1, 0.15) is 18.1 Å². The number of aliphatic hydroxyl groups is 1. The summed E-state index contributed by atoms with van der Waals surface area (Å²) in [4.78, 5) is 55.1. The molecule has 3 N–H and O–H groups in total. The maximum absolute atomic E-state index is 13.7. The lowest BCUT2D eigenvalue weighted by Gasteiger charge is -2.48. The van der Waals surface area contributed by atoms with Crippen LogP contribution in [0.2, 0.25) is 0 Å². The van der Waals surface area contributed by atoms with E-state index in [1.807, 2.05) is 13.0 Å². The number of ether oxygens (including phenoxy) is 1. The van der Waals surface area contributed by atoms with Crippen LogP contribution in [-0.4, -0.2) is 88.7 Å². The summed E-state index contributed by atoms with van der Waals surface area (Å²) < 4.78 is 4.73. The molecule has 3 aliphatic heterocycles. The molecule has 10 heteroatoms. The highest BCUT2D eigenvalue weighted by molar-refractivity contribution is 5.98. The van der Waals surface area contributed by atoms with Crippen molar-refractivity contribution in [2.24, 2.45) is 0 Å². The molecule has 0 aromatic heterocycles. The lowest BCUT2D eigenvalue weighted by atomic mass is 9.93. The normalized spacial score (nSPS) is 30.1. The average molecular weight is 473 g/mol. The van der Waals surface area contributed by atoms with Gasteiger partial charge in [0.25, 0.3) is 5.91 Å². The smallest absolute Gasteiger partial charge is 0.310 e. The monoisotopic (exact) mass is 472 g/mol. The molecule has 0 spiro atoms. The van der Waals surface area contributed by atoms with Crippen LogP contribution in [0.5, 0.6) is 0 Å². The number of hydrogen-bond acceptors (Lipinski definition) is 7. The number of piperazine rings is 1. The van der Waals surface area contributed by atoms with Crippen LogP contribution < -0.4 is 10.6 Å². The quantitative estimate of drug-likeness (QED) is 0.515. The second-order valence-corrected chi connectivity index (χ2v) is 9.14. The first-order valence-corrected chi connectivity index (χ1v) is 12.0. The van der Waals surface area contributed by atoms with Gasteiger partial charge in [-0.25, -0.2) is 0 Å². The molecule has 3 heterocycles. The fourth-order valence-electron chi connectivity index (χ4n) is 5.02. The number of fused-ring (bicyclic) bond motifs is 1. The third-order valence-corrected chi connectivity index (χ3v) is 6.86. The van der Waals surface area contributed by atoms with Gasteiger partial charge in [0, 0.05) is 24.7 Å². The maximum atomic E-state index is 13.7. The van der Waals surface area contributed by atoms with Crippen molar-refractivity contribution in [3.63, 3.8) is 0 Å². The molecule has 5 atom stereocenters. The minimum atomic E-state index is -1.40. The van der Waals surface area contributed by atoms with Crippen LogP contribution in [0, 0.1) is 0 Å². The Morgan fingerprint density at radius 1 is 1.09 bits per heavy atom.